The largest absolute Gasteiger partial charge is 0.550 e. The Morgan fingerprint density at radius 3 is 1.47 bits per heavy atom. The summed E-state index contributed by atoms with van der Waals surface area (Å²) in [6.45, 7) is 14.2. The maximum absolute atomic E-state index is 9.88. The van der Waals surface area contributed by atoms with Crippen molar-refractivity contribution < 1.29 is 24.3 Å². The van der Waals surface area contributed by atoms with Gasteiger partial charge in [0.05, 0.1) is 26.2 Å². The molecule has 0 heterocycles. The zero-order chi connectivity index (χ0) is 15.3. The van der Waals surface area contributed by atoms with Crippen LogP contribution in [0.1, 0.15) is 53.4 Å². The van der Waals surface area contributed by atoms with E-state index in [1.165, 1.54) is 30.7 Å². The van der Waals surface area contributed by atoms with E-state index < -0.39 is 11.9 Å². The van der Waals surface area contributed by atoms with E-state index in [-0.39, 0.29) is 12.8 Å². The summed E-state index contributed by atoms with van der Waals surface area (Å²) >= 11 is 0. The highest BCUT2D eigenvalue weighted by Gasteiger charge is 2.16. The third-order valence-electron chi connectivity index (χ3n) is 3.70. The molecular formula is C14H29NO4. The first-order valence-electron chi connectivity index (χ1n) is 7.14. The van der Waals surface area contributed by atoms with Crippen LogP contribution >= 0.6 is 0 Å². The van der Waals surface area contributed by atoms with Gasteiger partial charge >= 0.3 is 5.97 Å². The second-order valence-corrected chi connectivity index (χ2v) is 4.58. The topological polar surface area (TPSA) is 77.4 Å². The number of aliphatic carboxylic acids is 2. The van der Waals surface area contributed by atoms with Crippen molar-refractivity contribution in [3.8, 4) is 0 Å². The Hall–Kier alpha value is -1.10. The molecule has 5 heteroatoms. The summed E-state index contributed by atoms with van der Waals surface area (Å²) in [5, 5.41) is 17.9. The van der Waals surface area contributed by atoms with Crippen LogP contribution in [0.3, 0.4) is 0 Å². The molecule has 114 valence electrons. The third-order valence-corrected chi connectivity index (χ3v) is 3.70. The van der Waals surface area contributed by atoms with Gasteiger partial charge in [-0.15, -0.1) is 0 Å². The molecule has 0 aromatic rings. The Bertz CT molecular complexity index is 216. The van der Waals surface area contributed by atoms with Crippen molar-refractivity contribution in [1.29, 1.82) is 0 Å². The van der Waals surface area contributed by atoms with Gasteiger partial charge in [-0.25, -0.2) is 0 Å². The molecule has 0 aliphatic rings. The molecule has 0 atom stereocenters. The van der Waals surface area contributed by atoms with Crippen LogP contribution in [-0.4, -0.2) is 47.7 Å². The first-order valence-corrected chi connectivity index (χ1v) is 7.14. The van der Waals surface area contributed by atoms with Crippen molar-refractivity contribution in [2.45, 2.75) is 53.4 Å². The second kappa shape index (κ2) is 12.0. The summed E-state index contributed by atoms with van der Waals surface area (Å²) in [5.74, 6) is -2.01. The van der Waals surface area contributed by atoms with Gasteiger partial charge in [-0.1, -0.05) is 0 Å². The van der Waals surface area contributed by atoms with Crippen molar-refractivity contribution in [1.82, 2.24) is 0 Å². The van der Waals surface area contributed by atoms with Crippen LogP contribution in [0.5, 0.6) is 0 Å². The fraction of sp³-hybridized carbons (Fsp3) is 0.857. The Balaban J connectivity index is 0. The first kappa shape index (κ1) is 20.2. The van der Waals surface area contributed by atoms with E-state index in [4.69, 9.17) is 5.11 Å². The lowest BCUT2D eigenvalue weighted by molar-refractivity contribution is -0.921. The van der Waals surface area contributed by atoms with Crippen LogP contribution in [0.2, 0.25) is 0 Å². The Morgan fingerprint density at radius 1 is 0.895 bits per heavy atom. The van der Waals surface area contributed by atoms with Crippen molar-refractivity contribution in [2.24, 2.45) is 0 Å². The number of quaternary nitrogens is 1. The molecule has 0 bridgehead atoms. The summed E-state index contributed by atoms with van der Waals surface area (Å²) in [4.78, 5) is 19.7. The highest BCUT2D eigenvalue weighted by atomic mass is 16.4. The van der Waals surface area contributed by atoms with Crippen LogP contribution in [-0.2, 0) is 9.59 Å². The summed E-state index contributed by atoms with van der Waals surface area (Å²) in [5.41, 5.74) is 0. The van der Waals surface area contributed by atoms with Gasteiger partial charge in [0.2, 0.25) is 0 Å². The highest BCUT2D eigenvalue weighted by Crippen LogP contribution is 2.03. The van der Waals surface area contributed by atoms with Crippen LogP contribution in [0, 0.1) is 0 Å². The SMILES string of the molecule is CC[N+](CC)(CC)CC.O=C([O-])CCCCC(=O)O. The normalized spacial score (nSPS) is 10.5. The zero-order valence-electron chi connectivity index (χ0n) is 12.8. The summed E-state index contributed by atoms with van der Waals surface area (Å²) < 4.78 is 1.28. The van der Waals surface area contributed by atoms with Gasteiger partial charge < -0.3 is 19.5 Å². The zero-order valence-corrected chi connectivity index (χ0v) is 12.8. The van der Waals surface area contributed by atoms with E-state index in [2.05, 4.69) is 27.7 Å². The van der Waals surface area contributed by atoms with Crippen molar-refractivity contribution in [2.75, 3.05) is 26.2 Å². The molecule has 0 aromatic heterocycles. The number of carboxylic acid groups (broad SMARTS) is 2. The average molecular weight is 275 g/mol. The molecule has 1 N–H and O–H groups in total. The molecule has 0 radical (unpaired) electrons. The average Bonchev–Trinajstić information content (AvgIpc) is 2.38. The molecule has 5 nitrogen and oxygen atoms in total. The molecule has 0 spiro atoms. The Labute approximate surface area is 116 Å². The molecule has 0 rings (SSSR count). The number of hydrogen-bond acceptors (Lipinski definition) is 3. The van der Waals surface area contributed by atoms with Gasteiger partial charge in [-0.2, -0.15) is 0 Å². The lowest BCUT2D eigenvalue weighted by Crippen LogP contribution is -2.47. The van der Waals surface area contributed by atoms with E-state index in [0.29, 0.717) is 12.8 Å². The maximum atomic E-state index is 9.88. The predicted octanol–water partition coefficient (Wildman–Crippen LogP) is 1.26. The number of nitrogens with zero attached hydrogens (tertiary/aromatic N) is 1. The number of carboxylic acids is 2. The number of rotatable bonds is 9. The van der Waals surface area contributed by atoms with E-state index >= 15 is 0 Å². The van der Waals surface area contributed by atoms with E-state index in [9.17, 15) is 14.7 Å². The second-order valence-electron chi connectivity index (χ2n) is 4.58. The molecule has 0 aromatic carbocycles. The molecule has 0 unspecified atom stereocenters. The van der Waals surface area contributed by atoms with E-state index in [1.807, 2.05) is 0 Å². The van der Waals surface area contributed by atoms with Gasteiger partial charge in [-0.3, -0.25) is 4.79 Å². The number of unbranched alkanes of at least 4 members (excludes halogenated alkanes) is 1. The molecule has 0 fully saturated rings. The fourth-order valence-electron chi connectivity index (χ4n) is 1.89. The molecule has 0 aliphatic heterocycles. The van der Waals surface area contributed by atoms with Gasteiger partial charge in [0, 0.05) is 12.4 Å². The minimum absolute atomic E-state index is 0.0350. The summed E-state index contributed by atoms with van der Waals surface area (Å²) in [6.07, 6.45) is 0.776. The molecule has 19 heavy (non-hydrogen) atoms. The lowest BCUT2D eigenvalue weighted by Gasteiger charge is -2.34. The van der Waals surface area contributed by atoms with Gasteiger partial charge in [0.1, 0.15) is 0 Å². The monoisotopic (exact) mass is 275 g/mol. The van der Waals surface area contributed by atoms with E-state index in [0.717, 1.165) is 0 Å². The van der Waals surface area contributed by atoms with Crippen LogP contribution in [0.25, 0.3) is 0 Å². The number of carbonyl (C=O) groups excluding carboxylic acids is 1. The van der Waals surface area contributed by atoms with Gasteiger partial charge in [-0.05, 0) is 47.0 Å². The highest BCUT2D eigenvalue weighted by molar-refractivity contribution is 5.67. The smallest absolute Gasteiger partial charge is 0.303 e. The van der Waals surface area contributed by atoms with Crippen molar-refractivity contribution >= 4 is 11.9 Å². The molecule has 0 aliphatic carbocycles. The minimum Gasteiger partial charge on any atom is -0.550 e. The van der Waals surface area contributed by atoms with Crippen LogP contribution in [0.15, 0.2) is 0 Å². The van der Waals surface area contributed by atoms with Crippen molar-refractivity contribution in [3.63, 3.8) is 0 Å². The van der Waals surface area contributed by atoms with Crippen LogP contribution in [0.4, 0.5) is 0 Å². The fourth-order valence-corrected chi connectivity index (χ4v) is 1.89. The molecule has 0 saturated carbocycles. The number of hydrogen-bond donors (Lipinski definition) is 1. The number of carbonyl (C=O) groups is 2. The first-order chi connectivity index (χ1) is 8.87. The van der Waals surface area contributed by atoms with Gasteiger partial charge in [0.15, 0.2) is 0 Å². The quantitative estimate of drug-likeness (QED) is 0.507. The summed E-state index contributed by atoms with van der Waals surface area (Å²) in [7, 11) is 0. The van der Waals surface area contributed by atoms with Gasteiger partial charge in [0.25, 0.3) is 0 Å². The molecular weight excluding hydrogens is 246 g/mol. The maximum Gasteiger partial charge on any atom is 0.303 e. The summed E-state index contributed by atoms with van der Waals surface area (Å²) in [6, 6.07) is 0. The third kappa shape index (κ3) is 11.7. The van der Waals surface area contributed by atoms with E-state index in [1.54, 1.807) is 0 Å². The predicted molar refractivity (Wildman–Crippen MR) is 73.5 cm³/mol. The Morgan fingerprint density at radius 2 is 1.26 bits per heavy atom. The molecule has 0 amide bonds. The lowest BCUT2D eigenvalue weighted by atomic mass is 10.2. The minimum atomic E-state index is -1.12. The Kier molecular flexibility index (Phi) is 12.7. The molecule has 0 saturated heterocycles. The van der Waals surface area contributed by atoms with Crippen molar-refractivity contribution in [3.05, 3.63) is 0 Å². The standard InChI is InChI=1S/C8H20N.C6H10O4/c1-5-9(6-2,7-3)8-4;7-5(8)3-1-2-4-6(9)10/h5-8H2,1-4H3;1-4H2,(H,7,8)(H,9,10)/q+1;/p-1. The van der Waals surface area contributed by atoms with Crippen LogP contribution < -0.4 is 5.11 Å².